The molecule has 1 saturated carbocycles. The van der Waals surface area contributed by atoms with Crippen molar-refractivity contribution in [3.05, 3.63) is 53.7 Å². The monoisotopic (exact) mass is 458 g/mol. The molecule has 0 unspecified atom stereocenters. The van der Waals surface area contributed by atoms with Gasteiger partial charge in [-0.15, -0.1) is 0 Å². The average molecular weight is 459 g/mol. The second-order valence-corrected chi connectivity index (χ2v) is 10.2. The van der Waals surface area contributed by atoms with Gasteiger partial charge < -0.3 is 10.2 Å². The Morgan fingerprint density at radius 2 is 1.69 bits per heavy atom. The lowest BCUT2D eigenvalue weighted by atomic mass is 9.96. The van der Waals surface area contributed by atoms with Crippen molar-refractivity contribution in [1.82, 2.24) is 14.6 Å². The van der Waals surface area contributed by atoms with E-state index in [4.69, 9.17) is 0 Å². The molecule has 1 N–H and O–H groups in total. The minimum absolute atomic E-state index is 0.0541. The number of benzene rings is 1. The Kier molecular flexibility index (Phi) is 8.26. The van der Waals surface area contributed by atoms with E-state index in [2.05, 4.69) is 29.0 Å². The van der Waals surface area contributed by atoms with Gasteiger partial charge in [0, 0.05) is 44.5 Å². The van der Waals surface area contributed by atoms with Gasteiger partial charge in [0.1, 0.15) is 5.82 Å². The molecule has 1 heterocycles. The number of carbonyl (C=O) groups is 1. The lowest BCUT2D eigenvalue weighted by Gasteiger charge is -2.30. The molecule has 32 heavy (non-hydrogen) atoms. The van der Waals surface area contributed by atoms with Crippen molar-refractivity contribution < 1.29 is 13.2 Å². The first-order chi connectivity index (χ1) is 15.4. The summed E-state index contributed by atoms with van der Waals surface area (Å²) >= 11 is 0. The highest BCUT2D eigenvalue weighted by Gasteiger charge is 2.29. The summed E-state index contributed by atoms with van der Waals surface area (Å²) in [5.41, 5.74) is 1.33. The Morgan fingerprint density at radius 3 is 2.25 bits per heavy atom. The van der Waals surface area contributed by atoms with Crippen LogP contribution < -0.4 is 10.2 Å². The fourth-order valence-electron chi connectivity index (χ4n) is 4.13. The molecular formula is C24H34N4O3S. The fourth-order valence-corrected chi connectivity index (χ4v) is 5.54. The maximum absolute atomic E-state index is 13.0. The van der Waals surface area contributed by atoms with Gasteiger partial charge in [-0.25, -0.2) is 13.4 Å². The van der Waals surface area contributed by atoms with Crippen LogP contribution in [0, 0.1) is 0 Å². The highest BCUT2D eigenvalue weighted by atomic mass is 32.2. The lowest BCUT2D eigenvalue weighted by molar-refractivity contribution is 0.0950. The third-order valence-corrected chi connectivity index (χ3v) is 8.16. The topological polar surface area (TPSA) is 82.6 Å². The van der Waals surface area contributed by atoms with Crippen LogP contribution in [-0.2, 0) is 16.6 Å². The molecule has 0 atom stereocenters. The molecule has 8 heteroatoms. The summed E-state index contributed by atoms with van der Waals surface area (Å²) in [6, 6.07) is 10.1. The van der Waals surface area contributed by atoms with Gasteiger partial charge in [0.05, 0.1) is 4.90 Å². The van der Waals surface area contributed by atoms with Crippen LogP contribution in [0.5, 0.6) is 0 Å². The Hall–Kier alpha value is -2.45. The Balaban J connectivity index is 1.60. The number of amides is 1. The number of pyridine rings is 1. The minimum atomic E-state index is -3.56. The molecular weight excluding hydrogens is 424 g/mol. The van der Waals surface area contributed by atoms with E-state index in [1.165, 1.54) is 22.9 Å². The van der Waals surface area contributed by atoms with Gasteiger partial charge >= 0.3 is 0 Å². The van der Waals surface area contributed by atoms with Gasteiger partial charge in [0.25, 0.3) is 5.91 Å². The quantitative estimate of drug-likeness (QED) is 0.618. The molecule has 0 saturated heterocycles. The zero-order chi connectivity index (χ0) is 23.1. The van der Waals surface area contributed by atoms with E-state index in [0.29, 0.717) is 12.1 Å². The van der Waals surface area contributed by atoms with E-state index in [9.17, 15) is 13.2 Å². The lowest BCUT2D eigenvalue weighted by Crippen LogP contribution is -2.38. The van der Waals surface area contributed by atoms with E-state index in [1.807, 2.05) is 12.1 Å². The van der Waals surface area contributed by atoms with Crippen LogP contribution in [0.25, 0.3) is 0 Å². The average Bonchev–Trinajstić information content (AvgIpc) is 2.84. The molecule has 1 amide bonds. The molecule has 174 valence electrons. The van der Waals surface area contributed by atoms with Gasteiger partial charge in [0.15, 0.2) is 0 Å². The second-order valence-electron chi connectivity index (χ2n) is 8.22. The first-order valence-electron chi connectivity index (χ1n) is 11.4. The number of nitrogens with zero attached hydrogens (tertiary/aromatic N) is 3. The molecule has 0 aliphatic heterocycles. The maximum Gasteiger partial charge on any atom is 0.251 e. The predicted molar refractivity (Wildman–Crippen MR) is 127 cm³/mol. The molecule has 1 aliphatic carbocycles. The van der Waals surface area contributed by atoms with Crippen LogP contribution >= 0.6 is 0 Å². The second kappa shape index (κ2) is 10.9. The number of aromatic nitrogens is 1. The van der Waals surface area contributed by atoms with Crippen LogP contribution in [0.15, 0.2) is 47.5 Å². The van der Waals surface area contributed by atoms with E-state index >= 15 is 0 Å². The summed E-state index contributed by atoms with van der Waals surface area (Å²) in [4.78, 5) is 19.4. The van der Waals surface area contributed by atoms with E-state index in [-0.39, 0.29) is 16.8 Å². The zero-order valence-electron chi connectivity index (χ0n) is 19.3. The number of hydrogen-bond acceptors (Lipinski definition) is 5. The molecule has 1 aromatic heterocycles. The van der Waals surface area contributed by atoms with Crippen molar-refractivity contribution in [1.29, 1.82) is 0 Å². The highest BCUT2D eigenvalue weighted by molar-refractivity contribution is 7.89. The first-order valence-corrected chi connectivity index (χ1v) is 12.9. The normalized spacial score (nSPS) is 15.0. The summed E-state index contributed by atoms with van der Waals surface area (Å²) in [5, 5.41) is 2.87. The number of anilines is 1. The number of carbonyl (C=O) groups excluding carboxylic acids is 1. The van der Waals surface area contributed by atoms with Crippen molar-refractivity contribution in [2.75, 3.05) is 25.0 Å². The molecule has 3 rings (SSSR count). The molecule has 0 radical (unpaired) electrons. The Morgan fingerprint density at radius 1 is 1.03 bits per heavy atom. The Labute approximate surface area is 191 Å². The molecule has 0 bridgehead atoms. The van der Waals surface area contributed by atoms with E-state index in [1.54, 1.807) is 25.4 Å². The van der Waals surface area contributed by atoms with Crippen LogP contribution in [-0.4, -0.2) is 49.8 Å². The van der Waals surface area contributed by atoms with Gasteiger partial charge in [-0.2, -0.15) is 4.31 Å². The summed E-state index contributed by atoms with van der Waals surface area (Å²) in [5.74, 6) is 0.669. The summed E-state index contributed by atoms with van der Waals surface area (Å²) in [7, 11) is -1.90. The van der Waals surface area contributed by atoms with E-state index in [0.717, 1.165) is 50.2 Å². The molecule has 7 nitrogen and oxygen atoms in total. The van der Waals surface area contributed by atoms with Crippen LogP contribution in [0.2, 0.25) is 0 Å². The van der Waals surface area contributed by atoms with Crippen molar-refractivity contribution in [3.8, 4) is 0 Å². The van der Waals surface area contributed by atoms with Crippen molar-refractivity contribution in [2.24, 2.45) is 0 Å². The summed E-state index contributed by atoms with van der Waals surface area (Å²) < 4.78 is 27.4. The number of hydrogen-bond donors (Lipinski definition) is 1. The Bertz CT molecular complexity index is 981. The molecule has 1 aromatic carbocycles. The third-order valence-electron chi connectivity index (χ3n) is 6.23. The standard InChI is InChI=1S/C24H34N4O3S/c1-4-28(5-2)23-16-11-19(17-25-23)18-26-24(29)20-12-14-22(15-13-20)32(30,31)27(3)21-9-7-6-8-10-21/h11-17,21H,4-10,18H2,1-3H3,(H,26,29). The van der Waals surface area contributed by atoms with Crippen molar-refractivity contribution in [2.45, 2.75) is 63.4 Å². The van der Waals surface area contributed by atoms with Crippen LogP contribution in [0.3, 0.4) is 0 Å². The van der Waals surface area contributed by atoms with Gasteiger partial charge in [-0.3, -0.25) is 4.79 Å². The molecule has 2 aromatic rings. The number of rotatable bonds is 9. The number of sulfonamides is 1. The molecule has 0 spiro atoms. The molecule has 1 fully saturated rings. The zero-order valence-corrected chi connectivity index (χ0v) is 20.1. The maximum atomic E-state index is 13.0. The van der Waals surface area contributed by atoms with Gasteiger partial charge in [0.2, 0.25) is 10.0 Å². The molecule has 1 aliphatic rings. The van der Waals surface area contributed by atoms with Crippen molar-refractivity contribution >= 4 is 21.7 Å². The fraction of sp³-hybridized carbons (Fsp3) is 0.500. The summed E-state index contributed by atoms with van der Waals surface area (Å²) in [6.45, 7) is 6.31. The first kappa shape index (κ1) is 24.2. The highest BCUT2D eigenvalue weighted by Crippen LogP contribution is 2.26. The third kappa shape index (κ3) is 5.66. The predicted octanol–water partition coefficient (Wildman–Crippen LogP) is 3.81. The van der Waals surface area contributed by atoms with Gasteiger partial charge in [-0.05, 0) is 62.6 Å². The smallest absolute Gasteiger partial charge is 0.251 e. The van der Waals surface area contributed by atoms with Crippen LogP contribution in [0.1, 0.15) is 61.9 Å². The SMILES string of the molecule is CCN(CC)c1ccc(CNC(=O)c2ccc(S(=O)(=O)N(C)C3CCCCC3)cc2)cn1. The van der Waals surface area contributed by atoms with E-state index < -0.39 is 10.0 Å². The minimum Gasteiger partial charge on any atom is -0.357 e. The van der Waals surface area contributed by atoms with Gasteiger partial charge in [-0.1, -0.05) is 25.3 Å². The largest absolute Gasteiger partial charge is 0.357 e. The summed E-state index contributed by atoms with van der Waals surface area (Å²) in [6.07, 6.45) is 6.88. The number of nitrogens with one attached hydrogen (secondary N) is 1. The van der Waals surface area contributed by atoms with Crippen molar-refractivity contribution in [3.63, 3.8) is 0 Å². The van der Waals surface area contributed by atoms with Crippen LogP contribution in [0.4, 0.5) is 5.82 Å².